The summed E-state index contributed by atoms with van der Waals surface area (Å²) in [6.45, 7) is 3.95. The maximum Gasteiger partial charge on any atom is 0.328 e. The van der Waals surface area contributed by atoms with Crippen LogP contribution in [0, 0.1) is 0 Å². The van der Waals surface area contributed by atoms with Crippen LogP contribution < -0.4 is 11.2 Å². The molecule has 1 saturated heterocycles. The molecule has 0 aromatic carbocycles. The number of amides is 1. The Morgan fingerprint density at radius 3 is 2.92 bits per heavy atom. The third kappa shape index (κ3) is 3.27. The van der Waals surface area contributed by atoms with Crippen molar-refractivity contribution in [1.29, 1.82) is 0 Å². The van der Waals surface area contributed by atoms with Gasteiger partial charge in [-0.2, -0.15) is 0 Å². The summed E-state index contributed by atoms with van der Waals surface area (Å²) in [5.41, 5.74) is -1.66. The Morgan fingerprint density at radius 1 is 1.52 bits per heavy atom. The number of hydrogen-bond donors (Lipinski definition) is 2. The molecule has 0 aliphatic carbocycles. The first-order valence-electron chi connectivity index (χ1n) is 8.10. The number of H-pyrrole nitrogens is 1. The van der Waals surface area contributed by atoms with Gasteiger partial charge in [0.2, 0.25) is 5.76 Å². The molecule has 2 aromatic rings. The Balaban J connectivity index is 1.89. The maximum atomic E-state index is 12.6. The molecule has 0 spiro atoms. The Labute approximate surface area is 142 Å². The predicted molar refractivity (Wildman–Crippen MR) is 87.4 cm³/mol. The number of carbonyl (C=O) groups is 1. The highest BCUT2D eigenvalue weighted by molar-refractivity contribution is 5.91. The summed E-state index contributed by atoms with van der Waals surface area (Å²) in [5.74, 6) is -0.212. The molecule has 3 rings (SSSR count). The van der Waals surface area contributed by atoms with Crippen LogP contribution >= 0.6 is 0 Å². The van der Waals surface area contributed by atoms with Gasteiger partial charge in [0.05, 0.1) is 17.3 Å². The van der Waals surface area contributed by atoms with E-state index in [2.05, 4.69) is 10.1 Å². The predicted octanol–water partition coefficient (Wildman–Crippen LogP) is -0.0748. The minimum absolute atomic E-state index is 0.111. The Hall–Kier alpha value is -2.68. The average Bonchev–Trinajstić information content (AvgIpc) is 3.04. The molecule has 9 nitrogen and oxygen atoms in total. The van der Waals surface area contributed by atoms with E-state index in [1.54, 1.807) is 13.0 Å². The van der Waals surface area contributed by atoms with Crippen molar-refractivity contribution in [3.63, 3.8) is 0 Å². The van der Waals surface area contributed by atoms with Crippen LogP contribution in [0.4, 0.5) is 0 Å². The van der Waals surface area contributed by atoms with Crippen molar-refractivity contribution in [1.82, 2.24) is 19.6 Å². The van der Waals surface area contributed by atoms with Gasteiger partial charge in [-0.3, -0.25) is 19.1 Å². The van der Waals surface area contributed by atoms with E-state index in [9.17, 15) is 19.5 Å². The minimum atomic E-state index is -1.20. The highest BCUT2D eigenvalue weighted by atomic mass is 16.5. The average molecular weight is 348 g/mol. The lowest BCUT2D eigenvalue weighted by Gasteiger charge is -2.42. The van der Waals surface area contributed by atoms with Gasteiger partial charge in [0, 0.05) is 31.4 Å². The fourth-order valence-electron chi connectivity index (χ4n) is 3.00. The number of aryl methyl sites for hydroxylation is 1. The summed E-state index contributed by atoms with van der Waals surface area (Å²) in [4.78, 5) is 39.6. The Morgan fingerprint density at radius 2 is 2.28 bits per heavy atom. The Bertz CT molecular complexity index is 894. The molecule has 3 heterocycles. The number of aromatic nitrogens is 3. The van der Waals surface area contributed by atoms with Crippen LogP contribution in [0.5, 0.6) is 0 Å². The fraction of sp³-hybridized carbons (Fsp3) is 0.500. The van der Waals surface area contributed by atoms with Gasteiger partial charge < -0.3 is 14.5 Å². The van der Waals surface area contributed by atoms with E-state index >= 15 is 0 Å². The van der Waals surface area contributed by atoms with Crippen molar-refractivity contribution in [2.45, 2.75) is 38.3 Å². The standard InChI is InChI=1S/C16H20N4O5/c1-3-10-8-11(25-18-10)14(22)19-7-5-16(2,24)12(9-19)20-6-4-13(21)17-15(20)23/h4,6,8,12,24H,3,5,7,9H2,1-2H3,(H,17,21,23)/t12-,16-/m1/s1. The monoisotopic (exact) mass is 348 g/mol. The lowest BCUT2D eigenvalue weighted by Crippen LogP contribution is -2.54. The number of hydrogen-bond acceptors (Lipinski definition) is 6. The third-order valence-electron chi connectivity index (χ3n) is 4.61. The summed E-state index contributed by atoms with van der Waals surface area (Å²) in [6.07, 6.45) is 2.27. The van der Waals surface area contributed by atoms with Crippen molar-refractivity contribution in [2.75, 3.05) is 13.1 Å². The summed E-state index contributed by atoms with van der Waals surface area (Å²) in [7, 11) is 0. The van der Waals surface area contributed by atoms with E-state index < -0.39 is 22.9 Å². The quantitative estimate of drug-likeness (QED) is 0.800. The molecule has 0 saturated carbocycles. The van der Waals surface area contributed by atoms with Crippen LogP contribution in [0.1, 0.15) is 42.6 Å². The first-order valence-corrected chi connectivity index (χ1v) is 8.10. The molecule has 2 atom stereocenters. The highest BCUT2D eigenvalue weighted by Crippen LogP contribution is 2.31. The molecule has 134 valence electrons. The topological polar surface area (TPSA) is 121 Å². The van der Waals surface area contributed by atoms with Crippen LogP contribution in [0.15, 0.2) is 32.4 Å². The molecule has 25 heavy (non-hydrogen) atoms. The van der Waals surface area contributed by atoms with Crippen LogP contribution in [0.3, 0.4) is 0 Å². The molecule has 2 N–H and O–H groups in total. The van der Waals surface area contributed by atoms with Crippen molar-refractivity contribution in [3.8, 4) is 0 Å². The molecule has 0 bridgehead atoms. The number of carbonyl (C=O) groups excluding carboxylic acids is 1. The first-order chi connectivity index (χ1) is 11.8. The number of rotatable bonds is 3. The molecular weight excluding hydrogens is 328 g/mol. The number of likely N-dealkylation sites (tertiary alicyclic amines) is 1. The van der Waals surface area contributed by atoms with Gasteiger partial charge in [-0.25, -0.2) is 4.79 Å². The lowest BCUT2D eigenvalue weighted by molar-refractivity contribution is -0.0465. The Kier molecular flexibility index (Phi) is 4.34. The normalized spacial score (nSPS) is 23.6. The zero-order valence-electron chi connectivity index (χ0n) is 14.1. The van der Waals surface area contributed by atoms with Gasteiger partial charge >= 0.3 is 5.69 Å². The smallest absolute Gasteiger partial charge is 0.328 e. The molecular formula is C16H20N4O5. The van der Waals surface area contributed by atoms with Crippen LogP contribution in [0.2, 0.25) is 0 Å². The molecule has 1 amide bonds. The van der Waals surface area contributed by atoms with E-state index in [0.717, 1.165) is 0 Å². The van der Waals surface area contributed by atoms with Crippen LogP contribution in [0.25, 0.3) is 0 Å². The second-order valence-corrected chi connectivity index (χ2v) is 6.43. The molecule has 9 heteroatoms. The molecule has 1 aliphatic heterocycles. The van der Waals surface area contributed by atoms with Gasteiger partial charge in [0.1, 0.15) is 0 Å². The van der Waals surface area contributed by atoms with Crippen molar-refractivity contribution in [3.05, 3.63) is 50.6 Å². The van der Waals surface area contributed by atoms with Crippen molar-refractivity contribution in [2.24, 2.45) is 0 Å². The van der Waals surface area contributed by atoms with E-state index in [1.165, 1.54) is 21.7 Å². The molecule has 0 radical (unpaired) electrons. The molecule has 2 aromatic heterocycles. The zero-order chi connectivity index (χ0) is 18.2. The van der Waals surface area contributed by atoms with Gasteiger partial charge in [-0.05, 0) is 19.8 Å². The maximum absolute atomic E-state index is 12.6. The number of aliphatic hydroxyl groups is 1. The minimum Gasteiger partial charge on any atom is -0.388 e. The second-order valence-electron chi connectivity index (χ2n) is 6.43. The summed E-state index contributed by atoms with van der Waals surface area (Å²) in [5, 5.41) is 14.5. The summed E-state index contributed by atoms with van der Waals surface area (Å²) >= 11 is 0. The summed E-state index contributed by atoms with van der Waals surface area (Å²) in [6, 6.07) is 2.11. The molecule has 1 fully saturated rings. The van der Waals surface area contributed by atoms with Crippen LogP contribution in [-0.4, -0.2) is 49.3 Å². The van der Waals surface area contributed by atoms with Crippen molar-refractivity contribution < 1.29 is 14.4 Å². The van der Waals surface area contributed by atoms with Gasteiger partial charge in [-0.15, -0.1) is 0 Å². The van der Waals surface area contributed by atoms with Gasteiger partial charge in [0.15, 0.2) is 0 Å². The van der Waals surface area contributed by atoms with E-state index in [4.69, 9.17) is 4.52 Å². The fourth-order valence-corrected chi connectivity index (χ4v) is 3.00. The van der Waals surface area contributed by atoms with Gasteiger partial charge in [0.25, 0.3) is 11.5 Å². The number of aromatic amines is 1. The molecule has 0 unspecified atom stereocenters. The zero-order valence-corrected chi connectivity index (χ0v) is 14.1. The van der Waals surface area contributed by atoms with Crippen LogP contribution in [-0.2, 0) is 6.42 Å². The van der Waals surface area contributed by atoms with E-state index in [0.29, 0.717) is 18.7 Å². The number of nitrogens with zero attached hydrogens (tertiary/aromatic N) is 3. The molecule has 1 aliphatic rings. The van der Waals surface area contributed by atoms with E-state index in [-0.39, 0.29) is 24.6 Å². The van der Waals surface area contributed by atoms with Crippen molar-refractivity contribution >= 4 is 5.91 Å². The SMILES string of the molecule is CCc1cc(C(=O)N2CC[C@@](C)(O)[C@H](n3ccc(=O)[nH]c3=O)C2)on1. The summed E-state index contributed by atoms with van der Waals surface area (Å²) < 4.78 is 6.33. The van der Waals surface area contributed by atoms with E-state index in [1.807, 2.05) is 6.92 Å². The lowest BCUT2D eigenvalue weighted by atomic mass is 9.88. The highest BCUT2D eigenvalue weighted by Gasteiger charge is 2.41. The third-order valence-corrected chi connectivity index (χ3v) is 4.61. The largest absolute Gasteiger partial charge is 0.388 e. The number of piperidine rings is 1. The number of nitrogens with one attached hydrogen (secondary N) is 1. The van der Waals surface area contributed by atoms with Gasteiger partial charge in [-0.1, -0.05) is 12.1 Å². The first kappa shape index (κ1) is 17.2. The second kappa shape index (κ2) is 6.32.